The van der Waals surface area contributed by atoms with Crippen LogP contribution in [0.15, 0.2) is 47.5 Å². The third-order valence-electron chi connectivity index (χ3n) is 5.93. The molecule has 0 unspecified atom stereocenters. The second-order valence-electron chi connectivity index (χ2n) is 8.25. The van der Waals surface area contributed by atoms with E-state index in [-0.39, 0.29) is 5.41 Å². The van der Waals surface area contributed by atoms with Crippen molar-refractivity contribution in [1.29, 1.82) is 0 Å². The molecule has 5 heterocycles. The van der Waals surface area contributed by atoms with E-state index < -0.39 is 0 Å². The quantitative estimate of drug-likeness (QED) is 0.730. The topological polar surface area (TPSA) is 75.2 Å². The molecule has 0 amide bonds. The predicted molar refractivity (Wildman–Crippen MR) is 106 cm³/mol. The van der Waals surface area contributed by atoms with Crippen LogP contribution in [0.1, 0.15) is 12.7 Å². The van der Waals surface area contributed by atoms with Crippen molar-refractivity contribution in [3.63, 3.8) is 0 Å². The number of furan rings is 1. The van der Waals surface area contributed by atoms with Gasteiger partial charge in [0.2, 0.25) is 5.95 Å². The highest BCUT2D eigenvalue weighted by molar-refractivity contribution is 5.53. The summed E-state index contributed by atoms with van der Waals surface area (Å²) in [4.78, 5) is 14.0. The molecular formula is C20H25N7O. The third kappa shape index (κ3) is 3.24. The van der Waals surface area contributed by atoms with Gasteiger partial charge in [-0.05, 0) is 24.1 Å². The number of nitrogens with zero attached hydrogens (tertiary/aromatic N) is 6. The molecule has 28 heavy (non-hydrogen) atoms. The Morgan fingerprint density at radius 3 is 2.96 bits per heavy atom. The lowest BCUT2D eigenvalue weighted by Gasteiger charge is -2.25. The van der Waals surface area contributed by atoms with Gasteiger partial charge >= 0.3 is 0 Å². The van der Waals surface area contributed by atoms with Gasteiger partial charge in [-0.3, -0.25) is 9.58 Å². The molecule has 0 bridgehead atoms. The lowest BCUT2D eigenvalue weighted by atomic mass is 9.83. The smallest absolute Gasteiger partial charge is 0.229 e. The van der Waals surface area contributed by atoms with Crippen LogP contribution in [0.5, 0.6) is 0 Å². The molecule has 1 N–H and O–H groups in total. The van der Waals surface area contributed by atoms with Crippen LogP contribution in [0.25, 0.3) is 0 Å². The van der Waals surface area contributed by atoms with E-state index in [1.54, 1.807) is 17.1 Å². The van der Waals surface area contributed by atoms with E-state index >= 15 is 0 Å². The average molecular weight is 379 g/mol. The number of fused-ring (bicyclic) bond motifs is 1. The molecule has 3 aromatic heterocycles. The van der Waals surface area contributed by atoms with Gasteiger partial charge < -0.3 is 14.6 Å². The van der Waals surface area contributed by atoms with Gasteiger partial charge in [0.05, 0.1) is 24.7 Å². The molecule has 0 spiro atoms. The largest absolute Gasteiger partial charge is 0.468 e. The SMILES string of the molecule is Cn1cc(Nc2nccc(N3C[C@@H]4CN(Cc5ccco5)C[C@]4(C)C3)n2)cn1. The number of aromatic nitrogens is 4. The summed E-state index contributed by atoms with van der Waals surface area (Å²) in [6.45, 7) is 7.51. The maximum absolute atomic E-state index is 5.52. The normalized spacial score (nSPS) is 24.6. The lowest BCUT2D eigenvalue weighted by Crippen LogP contribution is -2.32. The summed E-state index contributed by atoms with van der Waals surface area (Å²) in [5.41, 5.74) is 1.16. The van der Waals surface area contributed by atoms with E-state index in [0.717, 1.165) is 50.0 Å². The molecule has 0 radical (unpaired) electrons. The second kappa shape index (κ2) is 6.63. The van der Waals surface area contributed by atoms with Crippen LogP contribution in [-0.2, 0) is 13.6 Å². The van der Waals surface area contributed by atoms with Crippen molar-refractivity contribution >= 4 is 17.5 Å². The number of hydrogen-bond acceptors (Lipinski definition) is 7. The molecule has 0 aliphatic carbocycles. The molecule has 2 aliphatic rings. The van der Waals surface area contributed by atoms with Crippen LogP contribution < -0.4 is 10.2 Å². The number of rotatable bonds is 5. The molecule has 5 rings (SSSR count). The third-order valence-corrected chi connectivity index (χ3v) is 5.93. The first-order chi connectivity index (χ1) is 13.6. The molecule has 2 saturated heterocycles. The molecule has 8 nitrogen and oxygen atoms in total. The number of aryl methyl sites for hydroxylation is 1. The van der Waals surface area contributed by atoms with Crippen molar-refractivity contribution in [2.24, 2.45) is 18.4 Å². The first kappa shape index (κ1) is 17.2. The minimum Gasteiger partial charge on any atom is -0.468 e. The highest BCUT2D eigenvalue weighted by atomic mass is 16.3. The molecule has 2 fully saturated rings. The monoisotopic (exact) mass is 379 g/mol. The summed E-state index contributed by atoms with van der Waals surface area (Å²) >= 11 is 0. The fraction of sp³-hybridized carbons (Fsp3) is 0.450. The average Bonchev–Trinajstić information content (AvgIpc) is 3.41. The number of hydrogen-bond donors (Lipinski definition) is 1. The molecule has 0 saturated carbocycles. The predicted octanol–water partition coefficient (Wildman–Crippen LogP) is 2.51. The Bertz CT molecular complexity index is 953. The van der Waals surface area contributed by atoms with E-state index in [9.17, 15) is 0 Å². The summed E-state index contributed by atoms with van der Waals surface area (Å²) in [6.07, 6.45) is 7.25. The zero-order valence-electron chi connectivity index (χ0n) is 16.2. The first-order valence-corrected chi connectivity index (χ1v) is 9.66. The van der Waals surface area contributed by atoms with Gasteiger partial charge in [0.1, 0.15) is 11.6 Å². The van der Waals surface area contributed by atoms with Crippen LogP contribution in [0.2, 0.25) is 0 Å². The van der Waals surface area contributed by atoms with Crippen molar-refractivity contribution in [2.75, 3.05) is 36.4 Å². The zero-order chi connectivity index (χ0) is 19.1. The molecule has 2 atom stereocenters. The van der Waals surface area contributed by atoms with Gasteiger partial charge in [-0.25, -0.2) is 4.98 Å². The number of likely N-dealkylation sites (tertiary alicyclic amines) is 1. The summed E-state index contributed by atoms with van der Waals surface area (Å²) in [5.74, 6) is 3.26. The molecular weight excluding hydrogens is 354 g/mol. The van der Waals surface area contributed by atoms with Crippen LogP contribution >= 0.6 is 0 Å². The van der Waals surface area contributed by atoms with Gasteiger partial charge in [-0.1, -0.05) is 6.92 Å². The molecule has 3 aromatic rings. The van der Waals surface area contributed by atoms with Gasteiger partial charge in [-0.2, -0.15) is 10.1 Å². The van der Waals surface area contributed by atoms with E-state index in [1.807, 2.05) is 31.6 Å². The fourth-order valence-electron chi connectivity index (χ4n) is 4.58. The standard InChI is InChI=1S/C20H25N7O/c1-20-13-26(12-17-4-3-7-28-17)9-15(20)10-27(14-20)18-5-6-21-19(24-18)23-16-8-22-25(2)11-16/h3-8,11,15H,9-10,12-14H2,1-2H3,(H,21,23,24)/t15-,20+/m0/s1. The van der Waals surface area contributed by atoms with Gasteiger partial charge in [0.15, 0.2) is 0 Å². The van der Waals surface area contributed by atoms with E-state index in [1.165, 1.54) is 0 Å². The van der Waals surface area contributed by atoms with Gasteiger partial charge in [0.25, 0.3) is 0 Å². The van der Waals surface area contributed by atoms with Crippen LogP contribution in [0, 0.1) is 11.3 Å². The van der Waals surface area contributed by atoms with Crippen molar-refractivity contribution in [2.45, 2.75) is 13.5 Å². The Morgan fingerprint density at radius 2 is 2.21 bits per heavy atom. The number of nitrogens with one attached hydrogen (secondary N) is 1. The lowest BCUT2D eigenvalue weighted by molar-refractivity contribution is 0.257. The summed E-state index contributed by atoms with van der Waals surface area (Å²) in [6, 6.07) is 6.02. The maximum Gasteiger partial charge on any atom is 0.229 e. The second-order valence-corrected chi connectivity index (χ2v) is 8.25. The Hall–Kier alpha value is -2.87. The van der Waals surface area contributed by atoms with Gasteiger partial charge in [-0.15, -0.1) is 0 Å². The van der Waals surface area contributed by atoms with E-state index in [0.29, 0.717) is 11.9 Å². The van der Waals surface area contributed by atoms with Gasteiger partial charge in [0, 0.05) is 51.0 Å². The van der Waals surface area contributed by atoms with Crippen molar-refractivity contribution < 1.29 is 4.42 Å². The fourth-order valence-corrected chi connectivity index (χ4v) is 4.58. The van der Waals surface area contributed by atoms with Crippen LogP contribution in [0.4, 0.5) is 17.5 Å². The highest BCUT2D eigenvalue weighted by Gasteiger charge is 2.49. The molecule has 146 valence electrons. The van der Waals surface area contributed by atoms with E-state index in [4.69, 9.17) is 9.40 Å². The van der Waals surface area contributed by atoms with Crippen LogP contribution in [0.3, 0.4) is 0 Å². The van der Waals surface area contributed by atoms with Crippen molar-refractivity contribution in [1.82, 2.24) is 24.6 Å². The Morgan fingerprint density at radius 1 is 1.29 bits per heavy atom. The summed E-state index contributed by atoms with van der Waals surface area (Å²) in [5, 5.41) is 7.40. The Labute approximate surface area is 164 Å². The van der Waals surface area contributed by atoms with E-state index in [2.05, 4.69) is 38.2 Å². The Kier molecular flexibility index (Phi) is 4.08. The minimum atomic E-state index is 0.272. The van der Waals surface area contributed by atoms with Crippen molar-refractivity contribution in [3.05, 3.63) is 48.8 Å². The molecule has 2 aliphatic heterocycles. The molecule has 0 aromatic carbocycles. The zero-order valence-corrected chi connectivity index (χ0v) is 16.2. The minimum absolute atomic E-state index is 0.272. The van der Waals surface area contributed by atoms with Crippen molar-refractivity contribution in [3.8, 4) is 0 Å². The summed E-state index contributed by atoms with van der Waals surface area (Å²) < 4.78 is 7.28. The van der Waals surface area contributed by atoms with Crippen LogP contribution in [-0.4, -0.2) is 50.8 Å². The maximum atomic E-state index is 5.52. The first-order valence-electron chi connectivity index (χ1n) is 9.66. The molecule has 8 heteroatoms. The highest BCUT2D eigenvalue weighted by Crippen LogP contribution is 2.43. The summed E-state index contributed by atoms with van der Waals surface area (Å²) in [7, 11) is 1.89. The Balaban J connectivity index is 1.26. The number of anilines is 3.